The van der Waals surface area contributed by atoms with E-state index < -0.39 is 17.4 Å². The number of likely N-dealkylation sites (tertiary alicyclic amines) is 1. The van der Waals surface area contributed by atoms with Crippen LogP contribution in [0.5, 0.6) is 0 Å². The molecule has 2 saturated heterocycles. The Morgan fingerprint density at radius 3 is 2.93 bits per heavy atom. The molecule has 7 nitrogen and oxygen atoms in total. The molecule has 1 aromatic heterocycles. The maximum atomic E-state index is 13.2. The van der Waals surface area contributed by atoms with Crippen molar-refractivity contribution in [3.63, 3.8) is 0 Å². The third kappa shape index (κ3) is 2.98. The second-order valence-corrected chi connectivity index (χ2v) is 8.47. The predicted molar refractivity (Wildman–Crippen MR) is 97.5 cm³/mol. The minimum atomic E-state index is -0.636. The van der Waals surface area contributed by atoms with Gasteiger partial charge in [0.15, 0.2) is 5.76 Å². The highest BCUT2D eigenvalue weighted by molar-refractivity contribution is 5.92. The molecule has 146 valence electrons. The predicted octanol–water partition coefficient (Wildman–Crippen LogP) is 1.77. The molecule has 1 spiro atoms. The molecule has 2 amide bonds. The van der Waals surface area contributed by atoms with Crippen molar-refractivity contribution in [3.8, 4) is 0 Å². The summed E-state index contributed by atoms with van der Waals surface area (Å²) in [7, 11) is 1.73. The maximum absolute atomic E-state index is 13.2. The lowest BCUT2D eigenvalue weighted by molar-refractivity contribution is -0.142. The third-order valence-electron chi connectivity index (χ3n) is 5.89. The van der Waals surface area contributed by atoms with E-state index in [1.165, 1.54) is 0 Å². The highest BCUT2D eigenvalue weighted by atomic mass is 16.5. The number of fused-ring (bicyclic) bond motifs is 1. The van der Waals surface area contributed by atoms with Crippen molar-refractivity contribution in [3.05, 3.63) is 29.7 Å². The summed E-state index contributed by atoms with van der Waals surface area (Å²) < 4.78 is 11.4. The number of amides is 2. The minimum absolute atomic E-state index is 0.0461. The number of aryl methyl sites for hydroxylation is 1. The van der Waals surface area contributed by atoms with E-state index >= 15 is 0 Å². The Morgan fingerprint density at radius 2 is 2.26 bits per heavy atom. The van der Waals surface area contributed by atoms with Crippen LogP contribution in [-0.2, 0) is 20.9 Å². The number of rotatable bonds is 6. The first-order chi connectivity index (χ1) is 12.8. The Morgan fingerprint density at radius 1 is 1.48 bits per heavy atom. The first-order valence-corrected chi connectivity index (χ1v) is 9.64. The average Bonchev–Trinajstić information content (AvgIpc) is 3.34. The van der Waals surface area contributed by atoms with Crippen molar-refractivity contribution in [2.24, 2.45) is 17.8 Å². The third-order valence-corrected chi connectivity index (χ3v) is 5.89. The van der Waals surface area contributed by atoms with Gasteiger partial charge in [0.1, 0.15) is 5.60 Å². The molecule has 2 bridgehead atoms. The molecule has 4 atom stereocenters. The van der Waals surface area contributed by atoms with E-state index in [0.29, 0.717) is 31.3 Å². The second kappa shape index (κ2) is 6.48. The highest BCUT2D eigenvalue weighted by Gasteiger charge is 2.66. The Kier molecular flexibility index (Phi) is 4.37. The summed E-state index contributed by atoms with van der Waals surface area (Å²) in [5, 5.41) is 3.86. The quantitative estimate of drug-likeness (QED) is 0.711. The first-order valence-electron chi connectivity index (χ1n) is 9.64. The molecule has 1 aromatic rings. The molecule has 0 radical (unpaired) electrons. The SMILES string of the molecule is Cc1cc(CN(C)C(=O)[C@H]2[C@@H]3C=C[C@@]4(CN(CCC(C)C)C(=O)[C@@H]24)O3)on1. The molecule has 0 N–H and O–H groups in total. The van der Waals surface area contributed by atoms with Crippen molar-refractivity contribution in [1.29, 1.82) is 0 Å². The molecular formula is C20H27N3O4. The topological polar surface area (TPSA) is 75.9 Å². The lowest BCUT2D eigenvalue weighted by atomic mass is 9.76. The summed E-state index contributed by atoms with van der Waals surface area (Å²) >= 11 is 0. The van der Waals surface area contributed by atoms with Crippen LogP contribution >= 0.6 is 0 Å². The molecule has 27 heavy (non-hydrogen) atoms. The van der Waals surface area contributed by atoms with Crippen molar-refractivity contribution in [2.45, 2.75) is 45.4 Å². The fourth-order valence-corrected chi connectivity index (χ4v) is 4.52. The molecule has 2 fully saturated rings. The minimum Gasteiger partial charge on any atom is -0.360 e. The van der Waals surface area contributed by atoms with Gasteiger partial charge in [0.25, 0.3) is 0 Å². The summed E-state index contributed by atoms with van der Waals surface area (Å²) in [5.74, 6) is 0.229. The lowest BCUT2D eigenvalue weighted by Crippen LogP contribution is -2.44. The number of carbonyl (C=O) groups excluding carboxylic acids is 2. The molecule has 3 aliphatic rings. The van der Waals surface area contributed by atoms with Gasteiger partial charge in [0, 0.05) is 19.7 Å². The Hall–Kier alpha value is -2.15. The molecule has 4 rings (SSSR count). The van der Waals surface area contributed by atoms with Crippen LogP contribution in [0.2, 0.25) is 0 Å². The van der Waals surface area contributed by atoms with Gasteiger partial charge in [-0.15, -0.1) is 0 Å². The number of aromatic nitrogens is 1. The maximum Gasteiger partial charge on any atom is 0.230 e. The number of hydrogen-bond donors (Lipinski definition) is 0. The van der Waals surface area contributed by atoms with Crippen LogP contribution in [0.3, 0.4) is 0 Å². The molecule has 7 heteroatoms. The molecule has 0 unspecified atom stereocenters. The van der Waals surface area contributed by atoms with Crippen LogP contribution in [-0.4, -0.2) is 58.6 Å². The van der Waals surface area contributed by atoms with Crippen LogP contribution < -0.4 is 0 Å². The zero-order chi connectivity index (χ0) is 19.3. The fourth-order valence-electron chi connectivity index (χ4n) is 4.52. The molecule has 0 aliphatic carbocycles. The number of ether oxygens (including phenoxy) is 1. The van der Waals surface area contributed by atoms with E-state index in [0.717, 1.165) is 12.1 Å². The number of nitrogens with zero attached hydrogens (tertiary/aromatic N) is 3. The smallest absolute Gasteiger partial charge is 0.230 e. The van der Waals surface area contributed by atoms with Crippen LogP contribution in [0.1, 0.15) is 31.7 Å². The molecule has 3 aliphatic heterocycles. The van der Waals surface area contributed by atoms with Gasteiger partial charge in [-0.1, -0.05) is 31.2 Å². The van der Waals surface area contributed by atoms with Gasteiger partial charge in [0.2, 0.25) is 11.8 Å². The van der Waals surface area contributed by atoms with E-state index in [9.17, 15) is 9.59 Å². The average molecular weight is 373 g/mol. The summed E-state index contributed by atoms with van der Waals surface area (Å²) in [6.45, 7) is 7.73. The molecule has 0 saturated carbocycles. The van der Waals surface area contributed by atoms with Crippen molar-refractivity contribution in [1.82, 2.24) is 15.0 Å². The zero-order valence-corrected chi connectivity index (χ0v) is 16.3. The fraction of sp³-hybridized carbons (Fsp3) is 0.650. The van der Waals surface area contributed by atoms with Gasteiger partial charge in [-0.3, -0.25) is 9.59 Å². The van der Waals surface area contributed by atoms with E-state index in [-0.39, 0.29) is 17.9 Å². The van der Waals surface area contributed by atoms with E-state index in [1.54, 1.807) is 11.9 Å². The number of carbonyl (C=O) groups is 2. The summed E-state index contributed by atoms with van der Waals surface area (Å²) in [5.41, 5.74) is 0.144. The highest BCUT2D eigenvalue weighted by Crippen LogP contribution is 2.52. The normalized spacial score (nSPS) is 31.2. The van der Waals surface area contributed by atoms with E-state index in [1.807, 2.05) is 30.0 Å². The summed E-state index contributed by atoms with van der Waals surface area (Å²) in [6.07, 6.45) is 4.58. The monoisotopic (exact) mass is 373 g/mol. The van der Waals surface area contributed by atoms with Crippen molar-refractivity contribution in [2.75, 3.05) is 20.1 Å². The van der Waals surface area contributed by atoms with Crippen molar-refractivity contribution >= 4 is 11.8 Å². The Bertz CT molecular complexity index is 786. The van der Waals surface area contributed by atoms with Gasteiger partial charge in [-0.25, -0.2) is 0 Å². The summed E-state index contributed by atoms with van der Waals surface area (Å²) in [4.78, 5) is 29.8. The standard InChI is InChI=1S/C20H27N3O4/c1-12(2)6-8-23-11-20-7-5-15(26-20)16(17(20)19(23)25)18(24)22(4)10-14-9-13(3)21-27-14/h5,7,9,12,15-17H,6,8,10-11H2,1-4H3/t15-,16-,17+,20-/m0/s1. The van der Waals surface area contributed by atoms with Crippen LogP contribution in [0.25, 0.3) is 0 Å². The van der Waals surface area contributed by atoms with Gasteiger partial charge in [-0.2, -0.15) is 0 Å². The lowest BCUT2D eigenvalue weighted by Gasteiger charge is -2.27. The van der Waals surface area contributed by atoms with E-state index in [2.05, 4.69) is 19.0 Å². The van der Waals surface area contributed by atoms with Crippen LogP contribution in [0, 0.1) is 24.7 Å². The van der Waals surface area contributed by atoms with Crippen LogP contribution in [0.15, 0.2) is 22.7 Å². The number of hydrogen-bond acceptors (Lipinski definition) is 5. The van der Waals surface area contributed by atoms with Crippen molar-refractivity contribution < 1.29 is 18.8 Å². The van der Waals surface area contributed by atoms with Gasteiger partial charge in [0.05, 0.1) is 36.7 Å². The zero-order valence-electron chi connectivity index (χ0n) is 16.3. The van der Waals surface area contributed by atoms with E-state index in [4.69, 9.17) is 9.26 Å². The molecule has 0 aromatic carbocycles. The molecular weight excluding hydrogens is 346 g/mol. The van der Waals surface area contributed by atoms with Gasteiger partial charge in [-0.05, 0) is 19.3 Å². The second-order valence-electron chi connectivity index (χ2n) is 8.47. The Labute approximate surface area is 159 Å². The summed E-state index contributed by atoms with van der Waals surface area (Å²) in [6, 6.07) is 1.82. The Balaban J connectivity index is 1.51. The first kappa shape index (κ1) is 18.2. The van der Waals surface area contributed by atoms with Gasteiger partial charge < -0.3 is 19.1 Å². The molecule has 4 heterocycles. The van der Waals surface area contributed by atoms with Crippen LogP contribution in [0.4, 0.5) is 0 Å². The largest absolute Gasteiger partial charge is 0.360 e. The van der Waals surface area contributed by atoms with Gasteiger partial charge >= 0.3 is 0 Å².